The predicted molar refractivity (Wildman–Crippen MR) is 71.4 cm³/mol. The first-order valence-corrected chi connectivity index (χ1v) is 6.55. The molecule has 1 aliphatic carbocycles. The molecule has 0 amide bonds. The van der Waals surface area contributed by atoms with Gasteiger partial charge in [-0.25, -0.2) is 0 Å². The van der Waals surface area contributed by atoms with Gasteiger partial charge in [0.2, 0.25) is 0 Å². The van der Waals surface area contributed by atoms with E-state index in [-0.39, 0.29) is 0 Å². The summed E-state index contributed by atoms with van der Waals surface area (Å²) in [7, 11) is 0. The van der Waals surface area contributed by atoms with Gasteiger partial charge in [0, 0.05) is 0 Å². The Kier molecular flexibility index (Phi) is 3.88. The number of nitrogens with two attached hydrogens (primary N) is 1. The van der Waals surface area contributed by atoms with Crippen molar-refractivity contribution >= 4 is 0 Å². The summed E-state index contributed by atoms with van der Waals surface area (Å²) in [6, 6.07) is 8.45. The Balaban J connectivity index is 1.79. The Morgan fingerprint density at radius 3 is 2.94 bits per heavy atom. The highest BCUT2D eigenvalue weighted by atomic mass is 16.5. The Bertz CT molecular complexity index is 460. The van der Waals surface area contributed by atoms with Crippen LogP contribution in [0, 0.1) is 11.3 Å². The number of ether oxygens (including phenoxy) is 1. The minimum absolute atomic E-state index is 0.618. The molecule has 0 radical (unpaired) electrons. The molecular formula is C15H20N2O. The van der Waals surface area contributed by atoms with Crippen LogP contribution in [-0.4, -0.2) is 12.1 Å². The smallest absolute Gasteiger partial charge is 0.119 e. The molecule has 0 aromatic heterocycles. The second-order valence-corrected chi connectivity index (χ2v) is 5.27. The van der Waals surface area contributed by atoms with Crippen molar-refractivity contribution in [2.45, 2.75) is 44.6 Å². The van der Waals surface area contributed by atoms with Gasteiger partial charge >= 0.3 is 0 Å². The zero-order chi connectivity index (χ0) is 13.0. The zero-order valence-corrected chi connectivity index (χ0v) is 10.9. The van der Waals surface area contributed by atoms with Crippen LogP contribution in [0.1, 0.15) is 37.3 Å². The summed E-state index contributed by atoms with van der Waals surface area (Å²) < 4.78 is 5.71. The molecule has 1 aromatic rings. The number of rotatable bonds is 5. The number of fused-ring (bicyclic) bond motifs is 1. The van der Waals surface area contributed by atoms with E-state index in [1.54, 1.807) is 6.92 Å². The standard InChI is InChI=1S/C15H20N2O/c1-15(17,11-16)8-3-9-18-14-7-6-12-4-2-5-13(12)10-14/h6-7,10H,2-5,8-9,17H2,1H3. The van der Waals surface area contributed by atoms with Crippen LogP contribution >= 0.6 is 0 Å². The van der Waals surface area contributed by atoms with E-state index in [1.807, 2.05) is 6.07 Å². The van der Waals surface area contributed by atoms with Crippen molar-refractivity contribution in [1.29, 1.82) is 5.26 Å². The molecular weight excluding hydrogens is 224 g/mol. The summed E-state index contributed by atoms with van der Waals surface area (Å²) in [5.74, 6) is 0.936. The fraction of sp³-hybridized carbons (Fsp3) is 0.533. The van der Waals surface area contributed by atoms with Crippen molar-refractivity contribution in [3.63, 3.8) is 0 Å². The lowest BCUT2D eigenvalue weighted by atomic mass is 10.00. The van der Waals surface area contributed by atoms with Crippen LogP contribution in [0.3, 0.4) is 0 Å². The first-order chi connectivity index (χ1) is 8.61. The van der Waals surface area contributed by atoms with E-state index in [9.17, 15) is 0 Å². The number of nitriles is 1. The first-order valence-electron chi connectivity index (χ1n) is 6.55. The van der Waals surface area contributed by atoms with E-state index in [0.717, 1.165) is 12.2 Å². The molecule has 2 N–H and O–H groups in total. The quantitative estimate of drug-likeness (QED) is 0.810. The molecule has 0 bridgehead atoms. The molecule has 0 saturated carbocycles. The van der Waals surface area contributed by atoms with Gasteiger partial charge < -0.3 is 10.5 Å². The predicted octanol–water partition coefficient (Wildman–Crippen LogP) is 2.58. The van der Waals surface area contributed by atoms with Crippen molar-refractivity contribution in [3.8, 4) is 11.8 Å². The van der Waals surface area contributed by atoms with Crippen LogP contribution in [0.4, 0.5) is 0 Å². The molecule has 0 fully saturated rings. The van der Waals surface area contributed by atoms with Crippen molar-refractivity contribution in [2.75, 3.05) is 6.61 Å². The fourth-order valence-electron chi connectivity index (χ4n) is 2.32. The molecule has 0 aliphatic heterocycles. The lowest BCUT2D eigenvalue weighted by Crippen LogP contribution is -2.34. The van der Waals surface area contributed by atoms with Gasteiger partial charge in [-0.05, 0) is 62.3 Å². The molecule has 3 nitrogen and oxygen atoms in total. The van der Waals surface area contributed by atoms with Gasteiger partial charge in [-0.2, -0.15) is 5.26 Å². The highest BCUT2D eigenvalue weighted by Gasteiger charge is 2.16. The van der Waals surface area contributed by atoms with E-state index in [4.69, 9.17) is 15.7 Å². The van der Waals surface area contributed by atoms with Crippen LogP contribution in [-0.2, 0) is 12.8 Å². The van der Waals surface area contributed by atoms with Crippen molar-refractivity contribution in [1.82, 2.24) is 0 Å². The lowest BCUT2D eigenvalue weighted by molar-refractivity contribution is 0.296. The average molecular weight is 244 g/mol. The largest absolute Gasteiger partial charge is 0.494 e. The second-order valence-electron chi connectivity index (χ2n) is 5.27. The topological polar surface area (TPSA) is 59.0 Å². The minimum Gasteiger partial charge on any atom is -0.494 e. The number of hydrogen-bond donors (Lipinski definition) is 1. The van der Waals surface area contributed by atoms with E-state index >= 15 is 0 Å². The van der Waals surface area contributed by atoms with Gasteiger partial charge in [-0.3, -0.25) is 0 Å². The SMILES string of the molecule is CC(N)(C#N)CCCOc1ccc2c(c1)CCC2. The summed E-state index contributed by atoms with van der Waals surface area (Å²) in [6.07, 6.45) is 5.09. The third-order valence-corrected chi connectivity index (χ3v) is 3.43. The maximum Gasteiger partial charge on any atom is 0.119 e. The van der Waals surface area contributed by atoms with Crippen molar-refractivity contribution in [3.05, 3.63) is 29.3 Å². The van der Waals surface area contributed by atoms with Crippen molar-refractivity contribution in [2.24, 2.45) is 5.73 Å². The van der Waals surface area contributed by atoms with Crippen LogP contribution in [0.25, 0.3) is 0 Å². The van der Waals surface area contributed by atoms with Crippen LogP contribution in [0.2, 0.25) is 0 Å². The van der Waals surface area contributed by atoms with E-state index in [1.165, 1.54) is 30.4 Å². The van der Waals surface area contributed by atoms with Gasteiger partial charge in [0.1, 0.15) is 11.3 Å². The molecule has 1 atom stereocenters. The number of aryl methyl sites for hydroxylation is 2. The Morgan fingerprint density at radius 1 is 1.39 bits per heavy atom. The highest BCUT2D eigenvalue weighted by Crippen LogP contribution is 2.26. The molecule has 1 unspecified atom stereocenters. The van der Waals surface area contributed by atoms with Gasteiger partial charge in [-0.15, -0.1) is 0 Å². The van der Waals surface area contributed by atoms with E-state index in [0.29, 0.717) is 13.0 Å². The lowest BCUT2D eigenvalue weighted by Gasteiger charge is -2.15. The molecule has 0 saturated heterocycles. The Hall–Kier alpha value is -1.53. The monoisotopic (exact) mass is 244 g/mol. The minimum atomic E-state index is -0.735. The van der Waals surface area contributed by atoms with Crippen LogP contribution in [0.15, 0.2) is 18.2 Å². The first kappa shape index (κ1) is 12.9. The van der Waals surface area contributed by atoms with Crippen LogP contribution in [0.5, 0.6) is 5.75 Å². The van der Waals surface area contributed by atoms with Gasteiger partial charge in [0.05, 0.1) is 12.7 Å². The molecule has 96 valence electrons. The van der Waals surface area contributed by atoms with Gasteiger partial charge in [-0.1, -0.05) is 6.07 Å². The Labute approximate surface area is 109 Å². The summed E-state index contributed by atoms with van der Waals surface area (Å²) >= 11 is 0. The van der Waals surface area contributed by atoms with E-state index in [2.05, 4.69) is 18.2 Å². The molecule has 2 rings (SSSR count). The van der Waals surface area contributed by atoms with Crippen molar-refractivity contribution < 1.29 is 4.74 Å². The summed E-state index contributed by atoms with van der Waals surface area (Å²) in [6.45, 7) is 2.37. The normalized spacial score (nSPS) is 16.7. The molecule has 0 heterocycles. The van der Waals surface area contributed by atoms with E-state index < -0.39 is 5.54 Å². The third kappa shape index (κ3) is 3.24. The average Bonchev–Trinajstić information content (AvgIpc) is 2.82. The van der Waals surface area contributed by atoms with Crippen LogP contribution < -0.4 is 10.5 Å². The number of hydrogen-bond acceptors (Lipinski definition) is 3. The number of nitrogens with zero attached hydrogens (tertiary/aromatic N) is 1. The third-order valence-electron chi connectivity index (χ3n) is 3.43. The molecule has 1 aromatic carbocycles. The maximum atomic E-state index is 8.80. The van der Waals surface area contributed by atoms with Gasteiger partial charge in [0.25, 0.3) is 0 Å². The Morgan fingerprint density at radius 2 is 2.17 bits per heavy atom. The summed E-state index contributed by atoms with van der Waals surface area (Å²) in [5, 5.41) is 8.80. The molecule has 0 spiro atoms. The molecule has 18 heavy (non-hydrogen) atoms. The summed E-state index contributed by atoms with van der Waals surface area (Å²) in [5.41, 5.74) is 7.90. The molecule has 1 aliphatic rings. The summed E-state index contributed by atoms with van der Waals surface area (Å²) in [4.78, 5) is 0. The number of benzene rings is 1. The fourth-order valence-corrected chi connectivity index (χ4v) is 2.32. The maximum absolute atomic E-state index is 8.80. The zero-order valence-electron chi connectivity index (χ0n) is 10.9. The second kappa shape index (κ2) is 5.41. The molecule has 3 heteroatoms. The van der Waals surface area contributed by atoms with Gasteiger partial charge in [0.15, 0.2) is 0 Å². The highest BCUT2D eigenvalue weighted by molar-refractivity contribution is 5.38.